The van der Waals surface area contributed by atoms with E-state index in [2.05, 4.69) is 47.3 Å². The van der Waals surface area contributed by atoms with Gasteiger partial charge in [0, 0.05) is 36.8 Å². The molecule has 0 saturated carbocycles. The van der Waals surface area contributed by atoms with Gasteiger partial charge in [0.1, 0.15) is 5.82 Å². The van der Waals surface area contributed by atoms with E-state index in [1.165, 1.54) is 17.3 Å². The predicted molar refractivity (Wildman–Crippen MR) is 133 cm³/mol. The summed E-state index contributed by atoms with van der Waals surface area (Å²) in [4.78, 5) is 24.0. The molecule has 3 aromatic carbocycles. The van der Waals surface area contributed by atoms with Crippen LogP contribution in [-0.4, -0.2) is 39.9 Å². The van der Waals surface area contributed by atoms with Crippen LogP contribution in [0.5, 0.6) is 0 Å². The number of carbonyl (C=O) groups is 1. The maximum absolute atomic E-state index is 13.6. The Kier molecular flexibility index (Phi) is 6.16. The fraction of sp³-hybridized carbons (Fsp3) is 0.250. The summed E-state index contributed by atoms with van der Waals surface area (Å²) in [6, 6.07) is 16.0. The van der Waals surface area contributed by atoms with E-state index >= 15 is 0 Å². The predicted octanol–water partition coefficient (Wildman–Crippen LogP) is 5.91. The molecule has 1 aromatic heterocycles. The number of fused-ring (bicyclic) bond motifs is 1. The van der Waals surface area contributed by atoms with Gasteiger partial charge in [-0.15, -0.1) is 0 Å². The molecule has 1 amide bonds. The fourth-order valence-electron chi connectivity index (χ4n) is 4.57. The number of piperidine rings is 1. The molecule has 35 heavy (non-hydrogen) atoms. The molecule has 4 aromatic rings. The minimum Gasteiger partial charge on any atom is -0.364 e. The van der Waals surface area contributed by atoms with Crippen molar-refractivity contribution in [2.24, 2.45) is 0 Å². The van der Waals surface area contributed by atoms with E-state index in [-0.39, 0.29) is 23.0 Å². The standard InChI is InChI=1S/C28H26F2N4O/c1-17-9-10-19(12-18(17)2)21-7-3-4-8-22(21)28(35)34-11-5-6-20(16-34)32-27-15-31-25-13-23(29)24(30)14-26(25)33-27/h3-4,7-10,12-15,20H,5-6,11,16H2,1-2H3,(H,32,33)/t20-/m1/s1. The van der Waals surface area contributed by atoms with Crippen molar-refractivity contribution in [2.45, 2.75) is 32.7 Å². The van der Waals surface area contributed by atoms with Crippen LogP contribution in [0.3, 0.4) is 0 Å². The molecular weight excluding hydrogens is 446 g/mol. The molecule has 1 saturated heterocycles. The number of hydrogen-bond donors (Lipinski definition) is 1. The zero-order valence-corrected chi connectivity index (χ0v) is 19.7. The van der Waals surface area contributed by atoms with E-state index < -0.39 is 11.6 Å². The molecular formula is C28H26F2N4O. The molecule has 0 aliphatic carbocycles. The molecule has 5 nitrogen and oxygen atoms in total. The van der Waals surface area contributed by atoms with Crippen LogP contribution in [-0.2, 0) is 0 Å². The Labute approximate surface area is 202 Å². The van der Waals surface area contributed by atoms with Gasteiger partial charge in [0.2, 0.25) is 0 Å². The number of hydrogen-bond acceptors (Lipinski definition) is 4. The molecule has 7 heteroatoms. The minimum atomic E-state index is -0.958. The van der Waals surface area contributed by atoms with Gasteiger partial charge in [-0.25, -0.2) is 13.8 Å². The van der Waals surface area contributed by atoms with Gasteiger partial charge >= 0.3 is 0 Å². The van der Waals surface area contributed by atoms with Crippen molar-refractivity contribution in [1.29, 1.82) is 0 Å². The van der Waals surface area contributed by atoms with Crippen LogP contribution in [0.2, 0.25) is 0 Å². The number of aromatic nitrogens is 2. The second-order valence-electron chi connectivity index (χ2n) is 9.09. The molecule has 1 N–H and O–H groups in total. The maximum atomic E-state index is 13.6. The zero-order chi connectivity index (χ0) is 24.5. The van der Waals surface area contributed by atoms with Gasteiger partial charge in [-0.2, -0.15) is 0 Å². The lowest BCUT2D eigenvalue weighted by Gasteiger charge is -2.34. The number of amides is 1. The van der Waals surface area contributed by atoms with Crippen LogP contribution in [0.25, 0.3) is 22.2 Å². The number of nitrogens with one attached hydrogen (secondary N) is 1. The second-order valence-corrected chi connectivity index (χ2v) is 9.09. The van der Waals surface area contributed by atoms with Crippen molar-refractivity contribution in [1.82, 2.24) is 14.9 Å². The first-order valence-corrected chi connectivity index (χ1v) is 11.7. The van der Waals surface area contributed by atoms with E-state index in [4.69, 9.17) is 0 Å². The van der Waals surface area contributed by atoms with Gasteiger partial charge in [0.15, 0.2) is 11.6 Å². The molecule has 1 fully saturated rings. The normalized spacial score (nSPS) is 15.9. The van der Waals surface area contributed by atoms with Crippen LogP contribution in [0.15, 0.2) is 60.8 Å². The first-order chi connectivity index (χ1) is 16.9. The highest BCUT2D eigenvalue weighted by atomic mass is 19.2. The third-order valence-corrected chi connectivity index (χ3v) is 6.62. The fourth-order valence-corrected chi connectivity index (χ4v) is 4.57. The van der Waals surface area contributed by atoms with Gasteiger partial charge < -0.3 is 10.2 Å². The summed E-state index contributed by atoms with van der Waals surface area (Å²) in [6.45, 7) is 5.33. The summed E-state index contributed by atoms with van der Waals surface area (Å²) in [5.74, 6) is -1.44. The number of rotatable bonds is 4. The topological polar surface area (TPSA) is 58.1 Å². The van der Waals surface area contributed by atoms with Gasteiger partial charge in [-0.1, -0.05) is 36.4 Å². The van der Waals surface area contributed by atoms with Gasteiger partial charge in [-0.3, -0.25) is 9.78 Å². The van der Waals surface area contributed by atoms with Crippen molar-refractivity contribution >= 4 is 22.8 Å². The Morgan fingerprint density at radius 2 is 1.77 bits per heavy atom. The van der Waals surface area contributed by atoms with Crippen molar-refractivity contribution in [3.8, 4) is 11.1 Å². The second kappa shape index (κ2) is 9.41. The molecule has 1 aliphatic heterocycles. The average molecular weight is 473 g/mol. The summed E-state index contributed by atoms with van der Waals surface area (Å²) in [5.41, 5.74) is 5.60. The lowest BCUT2D eigenvalue weighted by Crippen LogP contribution is -2.45. The van der Waals surface area contributed by atoms with E-state index in [9.17, 15) is 13.6 Å². The number of carbonyl (C=O) groups excluding carboxylic acids is 1. The summed E-state index contributed by atoms with van der Waals surface area (Å²) in [7, 11) is 0. The first kappa shape index (κ1) is 22.9. The lowest BCUT2D eigenvalue weighted by atomic mass is 9.95. The highest BCUT2D eigenvalue weighted by Crippen LogP contribution is 2.28. The highest BCUT2D eigenvalue weighted by molar-refractivity contribution is 6.01. The Bertz CT molecular complexity index is 1420. The Morgan fingerprint density at radius 1 is 1.00 bits per heavy atom. The summed E-state index contributed by atoms with van der Waals surface area (Å²) >= 11 is 0. The summed E-state index contributed by atoms with van der Waals surface area (Å²) in [5, 5.41) is 3.32. The first-order valence-electron chi connectivity index (χ1n) is 11.7. The number of likely N-dealkylation sites (tertiary alicyclic amines) is 1. The summed E-state index contributed by atoms with van der Waals surface area (Å²) in [6.07, 6.45) is 3.21. The third-order valence-electron chi connectivity index (χ3n) is 6.62. The van der Waals surface area contributed by atoms with Gasteiger partial charge in [0.25, 0.3) is 5.91 Å². The molecule has 0 bridgehead atoms. The Hall–Kier alpha value is -3.87. The van der Waals surface area contributed by atoms with Crippen molar-refractivity contribution in [2.75, 3.05) is 18.4 Å². The smallest absolute Gasteiger partial charge is 0.254 e. The lowest BCUT2D eigenvalue weighted by molar-refractivity contribution is 0.0715. The molecule has 178 valence electrons. The van der Waals surface area contributed by atoms with Crippen molar-refractivity contribution in [3.63, 3.8) is 0 Å². The van der Waals surface area contributed by atoms with Crippen molar-refractivity contribution in [3.05, 3.63) is 89.1 Å². The van der Waals surface area contributed by atoms with Crippen LogP contribution >= 0.6 is 0 Å². The number of aryl methyl sites for hydroxylation is 2. The molecule has 0 radical (unpaired) electrons. The van der Waals surface area contributed by atoms with Crippen molar-refractivity contribution < 1.29 is 13.6 Å². The van der Waals surface area contributed by atoms with Gasteiger partial charge in [-0.05, 0) is 55.0 Å². The average Bonchev–Trinajstić information content (AvgIpc) is 2.86. The van der Waals surface area contributed by atoms with E-state index in [1.807, 2.05) is 29.2 Å². The molecule has 1 aliphatic rings. The molecule has 5 rings (SSSR count). The highest BCUT2D eigenvalue weighted by Gasteiger charge is 2.26. The van der Waals surface area contributed by atoms with E-state index in [1.54, 1.807) is 0 Å². The largest absolute Gasteiger partial charge is 0.364 e. The minimum absolute atomic E-state index is 0.00697. The monoisotopic (exact) mass is 472 g/mol. The van der Waals surface area contributed by atoms with Crippen LogP contribution < -0.4 is 5.32 Å². The SMILES string of the molecule is Cc1ccc(-c2ccccc2C(=O)N2CCC[C@@H](Nc3cnc4cc(F)c(F)cc4n3)C2)cc1C. The Balaban J connectivity index is 1.35. The molecule has 1 atom stereocenters. The van der Waals surface area contributed by atoms with Crippen LogP contribution in [0.4, 0.5) is 14.6 Å². The number of benzene rings is 3. The van der Waals surface area contributed by atoms with Crippen LogP contribution in [0, 0.1) is 25.5 Å². The maximum Gasteiger partial charge on any atom is 0.254 e. The van der Waals surface area contributed by atoms with Gasteiger partial charge in [0.05, 0.1) is 17.2 Å². The summed E-state index contributed by atoms with van der Waals surface area (Å²) < 4.78 is 27.1. The Morgan fingerprint density at radius 3 is 2.57 bits per heavy atom. The van der Waals surface area contributed by atoms with E-state index in [0.29, 0.717) is 24.5 Å². The van der Waals surface area contributed by atoms with Crippen LogP contribution in [0.1, 0.15) is 34.3 Å². The number of nitrogens with zero attached hydrogens (tertiary/aromatic N) is 3. The van der Waals surface area contributed by atoms with E-state index in [0.717, 1.165) is 36.1 Å². The quantitative estimate of drug-likeness (QED) is 0.401. The molecule has 0 spiro atoms. The number of halogens is 2. The zero-order valence-electron chi connectivity index (χ0n) is 19.7. The third kappa shape index (κ3) is 4.71. The molecule has 2 heterocycles. The molecule has 0 unspecified atom stereocenters. The number of anilines is 1.